The summed E-state index contributed by atoms with van der Waals surface area (Å²) in [4.78, 5) is 0. The van der Waals surface area contributed by atoms with Crippen molar-refractivity contribution in [1.82, 2.24) is 5.43 Å². The largest absolute Gasteiger partial charge is 0.271 e. The normalized spacial score (nSPS) is 28.3. The Kier molecular flexibility index (Phi) is 3.81. The van der Waals surface area contributed by atoms with Gasteiger partial charge in [-0.15, -0.1) is 0 Å². The number of hydrogen-bond donors (Lipinski definition) is 2. The molecule has 1 heterocycles. The van der Waals surface area contributed by atoms with E-state index in [0.29, 0.717) is 0 Å². The summed E-state index contributed by atoms with van der Waals surface area (Å²) in [6.07, 6.45) is 0. The van der Waals surface area contributed by atoms with E-state index >= 15 is 0 Å². The van der Waals surface area contributed by atoms with E-state index < -0.39 is 0 Å². The summed E-state index contributed by atoms with van der Waals surface area (Å²) < 4.78 is 0. The number of hydrogen-bond acceptors (Lipinski definition) is 4. The molecule has 0 radical (unpaired) electrons. The molecule has 1 aliphatic heterocycles. The van der Waals surface area contributed by atoms with Crippen LogP contribution in [-0.4, -0.2) is 29.1 Å². The average Bonchev–Trinajstić information content (AvgIpc) is 1.91. The highest BCUT2D eigenvalue weighted by molar-refractivity contribution is 8.06. The first-order chi connectivity index (χ1) is 4.43. The number of thioether (sulfide) groups is 2. The first-order valence-corrected chi connectivity index (χ1v) is 5.26. The van der Waals surface area contributed by atoms with Crippen LogP contribution in [-0.2, 0) is 0 Å². The Morgan fingerprint density at radius 1 is 1.56 bits per heavy atom. The fourth-order valence-corrected chi connectivity index (χ4v) is 3.41. The van der Waals surface area contributed by atoms with Gasteiger partial charge in [0.15, 0.2) is 0 Å². The van der Waals surface area contributed by atoms with Crippen molar-refractivity contribution < 1.29 is 0 Å². The Hall–Kier alpha value is 0.620. The van der Waals surface area contributed by atoms with Gasteiger partial charge in [-0.3, -0.25) is 11.3 Å². The maximum absolute atomic E-state index is 5.19. The number of rotatable bonds is 2. The second kappa shape index (κ2) is 4.44. The van der Waals surface area contributed by atoms with Gasteiger partial charge in [-0.25, -0.2) is 0 Å². The lowest BCUT2D eigenvalue weighted by molar-refractivity contribution is 0.727. The van der Waals surface area contributed by atoms with Crippen LogP contribution in [0.15, 0.2) is 0 Å². The SMILES string of the molecule is NNCC1CSCCS1. The molecule has 1 aliphatic rings. The molecule has 54 valence electrons. The monoisotopic (exact) mass is 164 g/mol. The lowest BCUT2D eigenvalue weighted by Gasteiger charge is -2.19. The van der Waals surface area contributed by atoms with Crippen LogP contribution in [0.25, 0.3) is 0 Å². The van der Waals surface area contributed by atoms with Crippen molar-refractivity contribution >= 4 is 23.5 Å². The van der Waals surface area contributed by atoms with Gasteiger partial charge in [0, 0.05) is 29.1 Å². The van der Waals surface area contributed by atoms with E-state index in [0.717, 1.165) is 11.8 Å². The highest BCUT2D eigenvalue weighted by atomic mass is 32.2. The van der Waals surface area contributed by atoms with E-state index in [9.17, 15) is 0 Å². The number of nitrogens with two attached hydrogens (primary N) is 1. The van der Waals surface area contributed by atoms with Crippen molar-refractivity contribution in [2.75, 3.05) is 23.8 Å². The van der Waals surface area contributed by atoms with Gasteiger partial charge in [0.2, 0.25) is 0 Å². The second-order valence-corrected chi connectivity index (χ2v) is 4.53. The molecule has 1 saturated heterocycles. The fourth-order valence-electron chi connectivity index (χ4n) is 0.786. The highest BCUT2D eigenvalue weighted by Gasteiger charge is 2.12. The van der Waals surface area contributed by atoms with Crippen LogP contribution in [0.2, 0.25) is 0 Å². The number of hydrazine groups is 1. The quantitative estimate of drug-likeness (QED) is 0.455. The molecule has 1 atom stereocenters. The smallest absolute Gasteiger partial charge is 0.0277 e. The zero-order chi connectivity index (χ0) is 6.53. The number of nitrogens with one attached hydrogen (secondary N) is 1. The zero-order valence-electron chi connectivity index (χ0n) is 5.30. The third-order valence-corrected chi connectivity index (χ3v) is 4.08. The van der Waals surface area contributed by atoms with Gasteiger partial charge in [-0.05, 0) is 0 Å². The Bertz CT molecular complexity index is 70.6. The summed E-state index contributed by atoms with van der Waals surface area (Å²) >= 11 is 4.05. The zero-order valence-corrected chi connectivity index (χ0v) is 6.93. The van der Waals surface area contributed by atoms with Crippen molar-refractivity contribution in [3.8, 4) is 0 Å². The third-order valence-electron chi connectivity index (χ3n) is 1.23. The molecule has 0 spiro atoms. The summed E-state index contributed by atoms with van der Waals surface area (Å²) in [6.45, 7) is 0.956. The summed E-state index contributed by atoms with van der Waals surface area (Å²) in [7, 11) is 0. The van der Waals surface area contributed by atoms with Gasteiger partial charge < -0.3 is 0 Å². The van der Waals surface area contributed by atoms with Gasteiger partial charge in [-0.2, -0.15) is 23.5 Å². The fraction of sp³-hybridized carbons (Fsp3) is 1.00. The van der Waals surface area contributed by atoms with E-state index in [1.54, 1.807) is 0 Å². The molecule has 0 saturated carbocycles. The minimum Gasteiger partial charge on any atom is -0.271 e. The van der Waals surface area contributed by atoms with Gasteiger partial charge in [0.25, 0.3) is 0 Å². The van der Waals surface area contributed by atoms with E-state index in [4.69, 9.17) is 5.84 Å². The maximum atomic E-state index is 5.19. The molecular formula is C5H12N2S2. The van der Waals surface area contributed by atoms with E-state index in [1.165, 1.54) is 17.3 Å². The van der Waals surface area contributed by atoms with Crippen molar-refractivity contribution in [2.45, 2.75) is 5.25 Å². The van der Waals surface area contributed by atoms with Crippen LogP contribution in [0.1, 0.15) is 0 Å². The molecule has 0 bridgehead atoms. The minimum absolute atomic E-state index is 0.744. The Labute approximate surface area is 64.3 Å². The molecule has 4 heteroatoms. The first-order valence-electron chi connectivity index (χ1n) is 3.06. The summed E-state index contributed by atoms with van der Waals surface area (Å²) in [6, 6.07) is 0. The Morgan fingerprint density at radius 3 is 3.00 bits per heavy atom. The van der Waals surface area contributed by atoms with Gasteiger partial charge in [0.1, 0.15) is 0 Å². The Morgan fingerprint density at radius 2 is 2.44 bits per heavy atom. The van der Waals surface area contributed by atoms with Crippen LogP contribution >= 0.6 is 23.5 Å². The maximum Gasteiger partial charge on any atom is 0.0277 e. The van der Waals surface area contributed by atoms with E-state index in [2.05, 4.69) is 5.43 Å². The molecule has 0 aromatic carbocycles. The predicted molar refractivity (Wildman–Crippen MR) is 45.8 cm³/mol. The van der Waals surface area contributed by atoms with Crippen LogP contribution in [0.4, 0.5) is 0 Å². The summed E-state index contributed by atoms with van der Waals surface area (Å²) in [5.41, 5.74) is 2.70. The van der Waals surface area contributed by atoms with Crippen LogP contribution in [0.3, 0.4) is 0 Å². The molecule has 1 rings (SSSR count). The van der Waals surface area contributed by atoms with Gasteiger partial charge in [0.05, 0.1) is 0 Å². The minimum atomic E-state index is 0.744. The molecule has 0 aliphatic carbocycles. The molecule has 9 heavy (non-hydrogen) atoms. The van der Waals surface area contributed by atoms with E-state index in [-0.39, 0.29) is 0 Å². The standard InChI is InChI=1S/C5H12N2S2/c6-7-3-5-4-8-1-2-9-5/h5,7H,1-4,6H2. The third kappa shape index (κ3) is 2.80. The molecule has 0 amide bonds. The van der Waals surface area contributed by atoms with Crippen molar-refractivity contribution in [1.29, 1.82) is 0 Å². The van der Waals surface area contributed by atoms with Crippen molar-refractivity contribution in [3.63, 3.8) is 0 Å². The van der Waals surface area contributed by atoms with Crippen LogP contribution < -0.4 is 11.3 Å². The van der Waals surface area contributed by atoms with Gasteiger partial charge in [-0.1, -0.05) is 0 Å². The lowest BCUT2D eigenvalue weighted by atomic mass is 10.5. The molecule has 2 nitrogen and oxygen atoms in total. The summed E-state index contributed by atoms with van der Waals surface area (Å²) in [5, 5.41) is 0.744. The lowest BCUT2D eigenvalue weighted by Crippen LogP contribution is -2.33. The molecular weight excluding hydrogens is 152 g/mol. The molecule has 0 aromatic heterocycles. The first kappa shape index (κ1) is 7.72. The van der Waals surface area contributed by atoms with Crippen molar-refractivity contribution in [3.05, 3.63) is 0 Å². The molecule has 1 fully saturated rings. The molecule has 1 unspecified atom stereocenters. The predicted octanol–water partition coefficient (Wildman–Crippen LogP) is 0.298. The molecule has 3 N–H and O–H groups in total. The summed E-state index contributed by atoms with van der Waals surface area (Å²) in [5.74, 6) is 9.05. The van der Waals surface area contributed by atoms with Crippen molar-refractivity contribution in [2.24, 2.45) is 5.84 Å². The second-order valence-electron chi connectivity index (χ2n) is 1.98. The highest BCUT2D eigenvalue weighted by Crippen LogP contribution is 2.22. The van der Waals surface area contributed by atoms with E-state index in [1.807, 2.05) is 23.5 Å². The average molecular weight is 164 g/mol. The topological polar surface area (TPSA) is 38.0 Å². The van der Waals surface area contributed by atoms with Crippen LogP contribution in [0, 0.1) is 0 Å². The Balaban J connectivity index is 2.08. The van der Waals surface area contributed by atoms with Gasteiger partial charge >= 0.3 is 0 Å². The molecule has 0 aromatic rings. The van der Waals surface area contributed by atoms with Crippen LogP contribution in [0.5, 0.6) is 0 Å².